The first-order chi connectivity index (χ1) is 15.2. The van der Waals surface area contributed by atoms with Gasteiger partial charge < -0.3 is 14.6 Å². The van der Waals surface area contributed by atoms with E-state index in [2.05, 4.69) is 46.2 Å². The van der Waals surface area contributed by atoms with Gasteiger partial charge in [-0.1, -0.05) is 42.5 Å². The van der Waals surface area contributed by atoms with Crippen molar-refractivity contribution in [3.05, 3.63) is 65.2 Å². The molecule has 0 bridgehead atoms. The number of methoxy groups -OCH3 is 1. The summed E-state index contributed by atoms with van der Waals surface area (Å²) in [6.07, 6.45) is 2.93. The van der Waals surface area contributed by atoms with Crippen LogP contribution in [0.3, 0.4) is 0 Å². The minimum absolute atomic E-state index is 0.324. The van der Waals surface area contributed by atoms with Gasteiger partial charge in [0.25, 0.3) is 0 Å². The van der Waals surface area contributed by atoms with Crippen LogP contribution in [-0.2, 0) is 24.2 Å². The molecule has 1 fully saturated rings. The summed E-state index contributed by atoms with van der Waals surface area (Å²) in [5.74, 6) is 1.58. The number of β-amino-alcohol motifs (C(OH)–C–C–N with tert-alkyl or cyclic N) is 1. The first-order valence-electron chi connectivity index (χ1n) is 11.6. The number of aliphatic hydroxyl groups is 1. The Kier molecular flexibility index (Phi) is 7.97. The maximum Gasteiger partial charge on any atom is 0.123 e. The monoisotopic (exact) mass is 424 g/mol. The molecule has 2 aliphatic rings. The summed E-state index contributed by atoms with van der Waals surface area (Å²) in [4.78, 5) is 4.82. The van der Waals surface area contributed by atoms with Crippen LogP contribution in [0.2, 0.25) is 0 Å². The van der Waals surface area contributed by atoms with Crippen molar-refractivity contribution in [3.63, 3.8) is 0 Å². The van der Waals surface area contributed by atoms with Gasteiger partial charge in [-0.3, -0.25) is 9.80 Å². The summed E-state index contributed by atoms with van der Waals surface area (Å²) in [5.41, 5.74) is 4.01. The lowest BCUT2D eigenvalue weighted by molar-refractivity contribution is 0.0627. The summed E-state index contributed by atoms with van der Waals surface area (Å²) in [5, 5.41) is 10.6. The predicted octanol–water partition coefficient (Wildman–Crippen LogP) is 3.34. The summed E-state index contributed by atoms with van der Waals surface area (Å²) < 4.78 is 11.4. The molecule has 0 radical (unpaired) electrons. The van der Waals surface area contributed by atoms with E-state index in [1.165, 1.54) is 29.5 Å². The van der Waals surface area contributed by atoms with E-state index in [1.807, 2.05) is 12.1 Å². The second-order valence-corrected chi connectivity index (χ2v) is 9.00. The van der Waals surface area contributed by atoms with Gasteiger partial charge >= 0.3 is 0 Å². The molecule has 0 saturated carbocycles. The molecule has 0 amide bonds. The Bertz CT molecular complexity index is 820. The fourth-order valence-electron chi connectivity index (χ4n) is 4.81. The van der Waals surface area contributed by atoms with Gasteiger partial charge in [-0.05, 0) is 55.5 Å². The number of aliphatic hydroxyl groups excluding tert-OH is 1. The summed E-state index contributed by atoms with van der Waals surface area (Å²) in [7, 11) is 1.79. The lowest BCUT2D eigenvalue weighted by Gasteiger charge is -2.32. The molecule has 1 unspecified atom stereocenters. The summed E-state index contributed by atoms with van der Waals surface area (Å²) in [6.45, 7) is 6.83. The Morgan fingerprint density at radius 1 is 0.968 bits per heavy atom. The molecule has 1 N–H and O–H groups in total. The number of nitrogens with zero attached hydrogens (tertiary/aromatic N) is 2. The lowest BCUT2D eigenvalue weighted by atomic mass is 9.97. The van der Waals surface area contributed by atoms with Gasteiger partial charge in [-0.15, -0.1) is 0 Å². The maximum absolute atomic E-state index is 10.6. The number of fused-ring (bicyclic) bond motifs is 1. The van der Waals surface area contributed by atoms with E-state index in [0.717, 1.165) is 51.5 Å². The Morgan fingerprint density at radius 2 is 1.71 bits per heavy atom. The maximum atomic E-state index is 10.6. The van der Waals surface area contributed by atoms with Gasteiger partial charge in [0.15, 0.2) is 0 Å². The first-order valence-corrected chi connectivity index (χ1v) is 11.6. The van der Waals surface area contributed by atoms with Crippen molar-refractivity contribution in [2.75, 3.05) is 46.5 Å². The van der Waals surface area contributed by atoms with Crippen molar-refractivity contribution in [3.8, 4) is 5.75 Å². The Balaban J connectivity index is 1.25. The smallest absolute Gasteiger partial charge is 0.123 e. The molecule has 2 heterocycles. The van der Waals surface area contributed by atoms with Crippen LogP contribution >= 0.6 is 0 Å². The highest BCUT2D eigenvalue weighted by Gasteiger charge is 2.21. The van der Waals surface area contributed by atoms with Crippen LogP contribution in [0.1, 0.15) is 29.5 Å². The minimum atomic E-state index is -0.497. The van der Waals surface area contributed by atoms with Crippen LogP contribution in [0.5, 0.6) is 5.75 Å². The van der Waals surface area contributed by atoms with Crippen molar-refractivity contribution < 1.29 is 14.6 Å². The van der Waals surface area contributed by atoms with Crippen molar-refractivity contribution in [1.82, 2.24) is 9.80 Å². The van der Waals surface area contributed by atoms with Crippen LogP contribution in [0.15, 0.2) is 48.5 Å². The molecule has 2 aromatic rings. The molecular formula is C26H36N2O3. The number of rotatable bonds is 9. The van der Waals surface area contributed by atoms with Crippen LogP contribution in [0.4, 0.5) is 0 Å². The van der Waals surface area contributed by atoms with E-state index >= 15 is 0 Å². The van der Waals surface area contributed by atoms with E-state index < -0.39 is 6.10 Å². The molecule has 0 aliphatic carbocycles. The van der Waals surface area contributed by atoms with Crippen molar-refractivity contribution in [1.29, 1.82) is 0 Å². The molecule has 4 rings (SSSR count). The van der Waals surface area contributed by atoms with Gasteiger partial charge in [-0.25, -0.2) is 0 Å². The average molecular weight is 425 g/mol. The number of piperidine rings is 1. The molecule has 31 heavy (non-hydrogen) atoms. The highest BCUT2D eigenvalue weighted by Crippen LogP contribution is 2.24. The van der Waals surface area contributed by atoms with Crippen molar-refractivity contribution in [2.24, 2.45) is 5.92 Å². The van der Waals surface area contributed by atoms with Gasteiger partial charge in [0, 0.05) is 45.5 Å². The topological polar surface area (TPSA) is 45.2 Å². The van der Waals surface area contributed by atoms with Gasteiger partial charge in [0.2, 0.25) is 0 Å². The highest BCUT2D eigenvalue weighted by atomic mass is 16.5. The van der Waals surface area contributed by atoms with Crippen LogP contribution < -0.4 is 4.74 Å². The number of ether oxygens (including phenoxy) is 2. The standard InChI is InChI=1S/C26H36N2O3/c1-30-19-21-10-13-27(14-11-21)17-24-8-4-5-9-26(24)31-20-25(29)18-28-15-12-22-6-2-3-7-23(22)16-28/h2-9,21,25,29H,10-20H2,1H3. The molecule has 5 nitrogen and oxygen atoms in total. The van der Waals surface area contributed by atoms with E-state index in [-0.39, 0.29) is 0 Å². The summed E-state index contributed by atoms with van der Waals surface area (Å²) >= 11 is 0. The highest BCUT2D eigenvalue weighted by molar-refractivity contribution is 5.33. The van der Waals surface area contributed by atoms with E-state index in [4.69, 9.17) is 9.47 Å². The second kappa shape index (κ2) is 11.1. The molecule has 5 heteroatoms. The van der Waals surface area contributed by atoms with Crippen molar-refractivity contribution in [2.45, 2.75) is 38.5 Å². The first kappa shape index (κ1) is 22.3. The molecular weight excluding hydrogens is 388 g/mol. The quantitative estimate of drug-likeness (QED) is 0.669. The molecule has 0 aromatic heterocycles. The third-order valence-corrected chi connectivity index (χ3v) is 6.59. The zero-order chi connectivity index (χ0) is 21.5. The number of para-hydroxylation sites is 1. The van der Waals surface area contributed by atoms with Crippen molar-refractivity contribution >= 4 is 0 Å². The molecule has 1 atom stereocenters. The molecule has 2 aliphatic heterocycles. The predicted molar refractivity (Wildman–Crippen MR) is 123 cm³/mol. The molecule has 2 aromatic carbocycles. The Labute approximate surface area is 186 Å². The molecule has 168 valence electrons. The van der Waals surface area contributed by atoms with E-state index in [9.17, 15) is 5.11 Å². The second-order valence-electron chi connectivity index (χ2n) is 9.00. The van der Waals surface area contributed by atoms with Gasteiger partial charge in [-0.2, -0.15) is 0 Å². The largest absolute Gasteiger partial charge is 0.491 e. The fraction of sp³-hybridized carbons (Fsp3) is 0.538. The van der Waals surface area contributed by atoms with Crippen LogP contribution in [0.25, 0.3) is 0 Å². The number of hydrogen-bond acceptors (Lipinski definition) is 5. The minimum Gasteiger partial charge on any atom is -0.491 e. The van der Waals surface area contributed by atoms with Crippen LogP contribution in [0, 0.1) is 5.92 Å². The third kappa shape index (κ3) is 6.30. The lowest BCUT2D eigenvalue weighted by Crippen LogP contribution is -2.39. The number of benzene rings is 2. The molecule has 0 spiro atoms. The summed E-state index contributed by atoms with van der Waals surface area (Å²) in [6, 6.07) is 16.9. The van der Waals surface area contributed by atoms with Crippen LogP contribution in [-0.4, -0.2) is 67.5 Å². The zero-order valence-electron chi connectivity index (χ0n) is 18.7. The third-order valence-electron chi connectivity index (χ3n) is 6.59. The van der Waals surface area contributed by atoms with Gasteiger partial charge in [0.05, 0.1) is 0 Å². The normalized spacial score (nSPS) is 19.2. The SMILES string of the molecule is COCC1CCN(Cc2ccccc2OCC(O)CN2CCc3ccccc3C2)CC1. The Hall–Kier alpha value is -1.92. The average Bonchev–Trinajstić information content (AvgIpc) is 2.80. The number of likely N-dealkylation sites (tertiary alicyclic amines) is 1. The van der Waals surface area contributed by atoms with Gasteiger partial charge in [0.1, 0.15) is 18.5 Å². The Morgan fingerprint density at radius 3 is 2.52 bits per heavy atom. The number of hydrogen-bond donors (Lipinski definition) is 1. The molecule has 1 saturated heterocycles. The fourth-order valence-corrected chi connectivity index (χ4v) is 4.81. The van der Waals surface area contributed by atoms with E-state index in [0.29, 0.717) is 19.1 Å². The van der Waals surface area contributed by atoms with E-state index in [1.54, 1.807) is 7.11 Å². The zero-order valence-corrected chi connectivity index (χ0v) is 18.7.